The molecule has 2 aliphatic rings. The summed E-state index contributed by atoms with van der Waals surface area (Å²) in [5.74, 6) is -0.0365. The molecule has 158 valence electrons. The zero-order valence-corrected chi connectivity index (χ0v) is 17.8. The molecule has 0 radical (unpaired) electrons. The van der Waals surface area contributed by atoms with Gasteiger partial charge in [-0.05, 0) is 37.0 Å². The van der Waals surface area contributed by atoms with Crippen molar-refractivity contribution < 1.29 is 9.59 Å². The van der Waals surface area contributed by atoms with Crippen LogP contribution < -0.4 is 10.6 Å². The van der Waals surface area contributed by atoms with Crippen molar-refractivity contribution in [2.24, 2.45) is 0 Å². The molecule has 1 aliphatic heterocycles. The minimum Gasteiger partial charge on any atom is -0.352 e. The van der Waals surface area contributed by atoms with Crippen molar-refractivity contribution in [3.8, 4) is 0 Å². The predicted molar refractivity (Wildman–Crippen MR) is 125 cm³/mol. The van der Waals surface area contributed by atoms with Crippen LogP contribution in [0, 0.1) is 0 Å². The van der Waals surface area contributed by atoms with Crippen LogP contribution in [0.2, 0.25) is 0 Å². The highest BCUT2D eigenvalue weighted by Crippen LogP contribution is 2.35. The van der Waals surface area contributed by atoms with Crippen molar-refractivity contribution in [3.63, 3.8) is 0 Å². The number of fused-ring (bicyclic) bond motifs is 2. The summed E-state index contributed by atoms with van der Waals surface area (Å²) in [6.07, 6.45) is 9.38. The number of hydrogen-bond acceptors (Lipinski definition) is 2. The predicted octanol–water partition coefficient (Wildman–Crippen LogP) is 4.76. The Morgan fingerprint density at radius 3 is 2.77 bits per heavy atom. The summed E-state index contributed by atoms with van der Waals surface area (Å²) in [5.41, 5.74) is 5.65. The van der Waals surface area contributed by atoms with Crippen molar-refractivity contribution in [1.82, 2.24) is 9.88 Å². The fraction of sp³-hybridized carbons (Fsp3) is 0.308. The van der Waals surface area contributed by atoms with Gasteiger partial charge in [-0.1, -0.05) is 56.2 Å². The van der Waals surface area contributed by atoms with E-state index >= 15 is 0 Å². The Kier molecular flexibility index (Phi) is 5.10. The van der Waals surface area contributed by atoms with E-state index in [1.165, 1.54) is 18.4 Å². The minimum absolute atomic E-state index is 0.0536. The number of aryl methyl sites for hydroxylation is 1. The normalized spacial score (nSPS) is 17.3. The third-order valence-electron chi connectivity index (χ3n) is 6.44. The highest BCUT2D eigenvalue weighted by molar-refractivity contribution is 6.35. The number of anilines is 1. The summed E-state index contributed by atoms with van der Waals surface area (Å²) in [7, 11) is 0. The van der Waals surface area contributed by atoms with Gasteiger partial charge in [0.15, 0.2) is 0 Å². The van der Waals surface area contributed by atoms with Crippen LogP contribution in [0.1, 0.15) is 49.3 Å². The summed E-state index contributed by atoms with van der Waals surface area (Å²) < 4.78 is 2.05. The second kappa shape index (κ2) is 8.06. The lowest BCUT2D eigenvalue weighted by atomic mass is 10.0. The Hall–Kier alpha value is -3.34. The van der Waals surface area contributed by atoms with Gasteiger partial charge in [0, 0.05) is 40.0 Å². The van der Waals surface area contributed by atoms with Crippen molar-refractivity contribution in [1.29, 1.82) is 0 Å². The molecule has 0 atom stereocenters. The molecule has 2 amide bonds. The average molecular weight is 414 g/mol. The van der Waals surface area contributed by atoms with E-state index in [2.05, 4.69) is 35.8 Å². The quantitative estimate of drug-likeness (QED) is 0.593. The van der Waals surface area contributed by atoms with Crippen LogP contribution in [0.4, 0.5) is 5.69 Å². The molecule has 0 spiro atoms. The zero-order valence-electron chi connectivity index (χ0n) is 17.8. The lowest BCUT2D eigenvalue weighted by Crippen LogP contribution is -2.35. The van der Waals surface area contributed by atoms with Crippen LogP contribution in [-0.4, -0.2) is 22.4 Å². The van der Waals surface area contributed by atoms with E-state index in [0.717, 1.165) is 47.0 Å². The van der Waals surface area contributed by atoms with Gasteiger partial charge in [0.05, 0.1) is 5.52 Å². The summed E-state index contributed by atoms with van der Waals surface area (Å²) in [6.45, 7) is 2.42. The van der Waals surface area contributed by atoms with Crippen LogP contribution in [0.15, 0.2) is 48.7 Å². The third kappa shape index (κ3) is 3.65. The Balaban J connectivity index is 1.55. The topological polar surface area (TPSA) is 63.1 Å². The third-order valence-corrected chi connectivity index (χ3v) is 6.44. The van der Waals surface area contributed by atoms with E-state index in [4.69, 9.17) is 0 Å². The van der Waals surface area contributed by atoms with Crippen LogP contribution in [0.25, 0.3) is 22.6 Å². The Morgan fingerprint density at radius 1 is 1.16 bits per heavy atom. The highest BCUT2D eigenvalue weighted by atomic mass is 16.2. The van der Waals surface area contributed by atoms with Crippen molar-refractivity contribution in [3.05, 3.63) is 65.4 Å². The number of nitrogens with zero attached hydrogens (tertiary/aromatic N) is 1. The minimum atomic E-state index is -0.0901. The molecule has 2 N–H and O–H groups in total. The van der Waals surface area contributed by atoms with Gasteiger partial charge in [0.1, 0.15) is 6.54 Å². The van der Waals surface area contributed by atoms with E-state index in [1.807, 2.05) is 41.1 Å². The van der Waals surface area contributed by atoms with Gasteiger partial charge >= 0.3 is 0 Å². The molecule has 5 nitrogen and oxygen atoms in total. The van der Waals surface area contributed by atoms with Crippen LogP contribution in [-0.2, 0) is 22.6 Å². The first-order chi connectivity index (χ1) is 15.1. The smallest absolute Gasteiger partial charge is 0.256 e. The number of rotatable bonds is 5. The SMILES string of the molecule is CCc1cccc2c(C=C3C(=O)Nc4ccccc43)cn(CC(=O)NC3CCCC3)c12. The zero-order chi connectivity index (χ0) is 21.4. The first-order valence-corrected chi connectivity index (χ1v) is 11.2. The second-order valence-corrected chi connectivity index (χ2v) is 8.49. The van der Waals surface area contributed by atoms with Gasteiger partial charge < -0.3 is 15.2 Å². The Bertz CT molecular complexity index is 1200. The van der Waals surface area contributed by atoms with Gasteiger partial charge in [0.25, 0.3) is 5.91 Å². The maximum atomic E-state index is 12.8. The van der Waals surface area contributed by atoms with E-state index in [9.17, 15) is 9.59 Å². The summed E-state index contributed by atoms with van der Waals surface area (Å²) >= 11 is 0. The number of aromatic nitrogens is 1. The summed E-state index contributed by atoms with van der Waals surface area (Å²) in [6, 6.07) is 14.3. The standard InChI is InChI=1S/C26H27N3O2/c1-2-17-8-7-12-20-18(14-22-21-11-5-6-13-23(21)28-26(22)31)15-29(25(17)20)16-24(30)27-19-9-3-4-10-19/h5-8,11-15,19H,2-4,9-10,16H2,1H3,(H,27,30)(H,28,31). The number of carbonyl (C=O) groups excluding carboxylic acids is 2. The molecule has 1 fully saturated rings. The van der Waals surface area contributed by atoms with E-state index < -0.39 is 0 Å². The summed E-state index contributed by atoms with van der Waals surface area (Å²) in [4.78, 5) is 25.4. The Morgan fingerprint density at radius 2 is 1.97 bits per heavy atom. The molecule has 0 bridgehead atoms. The lowest BCUT2D eigenvalue weighted by molar-refractivity contribution is -0.122. The molecule has 2 aromatic carbocycles. The molecule has 5 heteroatoms. The van der Waals surface area contributed by atoms with Crippen LogP contribution in [0.3, 0.4) is 0 Å². The first-order valence-electron chi connectivity index (χ1n) is 11.2. The van der Waals surface area contributed by atoms with Gasteiger partial charge in [-0.25, -0.2) is 0 Å². The maximum absolute atomic E-state index is 12.8. The molecule has 0 saturated heterocycles. The highest BCUT2D eigenvalue weighted by Gasteiger charge is 2.24. The molecule has 31 heavy (non-hydrogen) atoms. The largest absolute Gasteiger partial charge is 0.352 e. The lowest BCUT2D eigenvalue weighted by Gasteiger charge is -2.13. The van der Waals surface area contributed by atoms with E-state index in [0.29, 0.717) is 11.6 Å². The van der Waals surface area contributed by atoms with Crippen molar-refractivity contribution in [2.45, 2.75) is 51.6 Å². The van der Waals surface area contributed by atoms with E-state index in [-0.39, 0.29) is 18.4 Å². The van der Waals surface area contributed by atoms with Gasteiger partial charge in [-0.15, -0.1) is 0 Å². The fourth-order valence-electron chi connectivity index (χ4n) is 4.93. The molecule has 1 aliphatic carbocycles. The fourth-order valence-corrected chi connectivity index (χ4v) is 4.93. The van der Waals surface area contributed by atoms with E-state index in [1.54, 1.807) is 0 Å². The van der Waals surface area contributed by atoms with Crippen molar-refractivity contribution in [2.75, 3.05) is 5.32 Å². The molecule has 2 heterocycles. The number of amides is 2. The second-order valence-electron chi connectivity index (χ2n) is 8.49. The average Bonchev–Trinajstić information content (AvgIpc) is 3.47. The number of para-hydroxylation sites is 2. The molecule has 3 aromatic rings. The molecular weight excluding hydrogens is 386 g/mol. The maximum Gasteiger partial charge on any atom is 0.256 e. The molecule has 1 saturated carbocycles. The van der Waals surface area contributed by atoms with Crippen LogP contribution >= 0.6 is 0 Å². The molecule has 0 unspecified atom stereocenters. The van der Waals surface area contributed by atoms with Crippen molar-refractivity contribution >= 4 is 40.1 Å². The number of benzene rings is 2. The molecule has 1 aromatic heterocycles. The van der Waals surface area contributed by atoms with Gasteiger partial charge in [-0.2, -0.15) is 0 Å². The van der Waals surface area contributed by atoms with Gasteiger partial charge in [-0.3, -0.25) is 9.59 Å². The molecule has 5 rings (SSSR count). The summed E-state index contributed by atoms with van der Waals surface area (Å²) in [5, 5.41) is 7.20. The monoisotopic (exact) mass is 413 g/mol. The number of nitrogens with one attached hydrogen (secondary N) is 2. The number of hydrogen-bond donors (Lipinski definition) is 2. The first kappa shape index (κ1) is 19.6. The van der Waals surface area contributed by atoms with Crippen LogP contribution in [0.5, 0.6) is 0 Å². The number of carbonyl (C=O) groups is 2. The Labute approximate surface area is 182 Å². The van der Waals surface area contributed by atoms with Gasteiger partial charge in [0.2, 0.25) is 5.91 Å². The molecular formula is C26H27N3O2.